The Balaban J connectivity index is 1.65. The Labute approximate surface area is 130 Å². The van der Waals surface area contributed by atoms with E-state index in [1.807, 2.05) is 37.3 Å². The van der Waals surface area contributed by atoms with Crippen LogP contribution in [0.4, 0.5) is 4.79 Å². The van der Waals surface area contributed by atoms with Gasteiger partial charge in [-0.15, -0.1) is 0 Å². The molecule has 0 spiro atoms. The molecule has 1 aromatic carbocycles. The summed E-state index contributed by atoms with van der Waals surface area (Å²) in [5, 5.41) is 10.6. The lowest BCUT2D eigenvalue weighted by Gasteiger charge is -2.50. The minimum atomic E-state index is -0.685. The number of benzene rings is 1. The topological polar surface area (TPSA) is 59.0 Å². The maximum Gasteiger partial charge on any atom is 0.410 e. The first kappa shape index (κ1) is 15.3. The number of hydrogen-bond acceptors (Lipinski definition) is 4. The van der Waals surface area contributed by atoms with Crippen LogP contribution in [0.3, 0.4) is 0 Å². The van der Waals surface area contributed by atoms with E-state index in [1.165, 1.54) is 0 Å². The van der Waals surface area contributed by atoms with Crippen molar-refractivity contribution in [2.45, 2.75) is 50.5 Å². The van der Waals surface area contributed by atoms with E-state index < -0.39 is 5.60 Å². The Morgan fingerprint density at radius 3 is 2.55 bits per heavy atom. The van der Waals surface area contributed by atoms with Gasteiger partial charge in [-0.05, 0) is 24.8 Å². The average Bonchev–Trinajstić information content (AvgIpc) is 2.53. The highest BCUT2D eigenvalue weighted by Gasteiger charge is 2.47. The Morgan fingerprint density at radius 2 is 1.95 bits per heavy atom. The largest absolute Gasteiger partial charge is 0.445 e. The van der Waals surface area contributed by atoms with Gasteiger partial charge in [-0.2, -0.15) is 0 Å². The normalized spacial score (nSPS) is 30.9. The van der Waals surface area contributed by atoms with Crippen LogP contribution in [-0.4, -0.2) is 47.0 Å². The molecule has 2 saturated heterocycles. The van der Waals surface area contributed by atoms with Crippen LogP contribution in [0, 0.1) is 0 Å². The third-order valence-electron chi connectivity index (χ3n) is 4.71. The first-order valence-corrected chi connectivity index (χ1v) is 7.90. The highest BCUT2D eigenvalue weighted by atomic mass is 16.6. The van der Waals surface area contributed by atoms with Crippen LogP contribution < -0.4 is 0 Å². The molecule has 2 unspecified atom stereocenters. The van der Waals surface area contributed by atoms with Crippen LogP contribution in [0.15, 0.2) is 30.3 Å². The van der Waals surface area contributed by atoms with Gasteiger partial charge in [0.25, 0.3) is 0 Å². The zero-order valence-electron chi connectivity index (χ0n) is 12.9. The second-order valence-corrected chi connectivity index (χ2v) is 6.28. The van der Waals surface area contributed by atoms with Gasteiger partial charge in [0, 0.05) is 0 Å². The van der Waals surface area contributed by atoms with Crippen LogP contribution >= 0.6 is 0 Å². The van der Waals surface area contributed by atoms with Crippen molar-refractivity contribution in [2.24, 2.45) is 0 Å². The molecule has 0 aromatic heterocycles. The summed E-state index contributed by atoms with van der Waals surface area (Å²) in [6.07, 6.45) is 1.51. The zero-order chi connectivity index (χ0) is 15.6. The maximum atomic E-state index is 12.5. The fraction of sp³-hybridized carbons (Fsp3) is 0.588. The number of carbonyl (C=O) groups excluding carboxylic acids is 1. The molecule has 2 aliphatic heterocycles. The molecule has 2 bridgehead atoms. The molecule has 2 fully saturated rings. The summed E-state index contributed by atoms with van der Waals surface area (Å²) in [5.41, 5.74) is 0.286. The molecule has 120 valence electrons. The lowest BCUT2D eigenvalue weighted by atomic mass is 9.80. The summed E-state index contributed by atoms with van der Waals surface area (Å²) in [4.78, 5) is 14.2. The summed E-state index contributed by atoms with van der Waals surface area (Å²) < 4.78 is 11.0. The number of rotatable bonds is 3. The third-order valence-corrected chi connectivity index (χ3v) is 4.71. The number of hydrogen-bond donors (Lipinski definition) is 1. The van der Waals surface area contributed by atoms with Gasteiger partial charge >= 0.3 is 6.09 Å². The molecule has 1 N–H and O–H groups in total. The van der Waals surface area contributed by atoms with Crippen LogP contribution in [0.2, 0.25) is 0 Å². The number of fused-ring (bicyclic) bond motifs is 2. The molecule has 5 nitrogen and oxygen atoms in total. The van der Waals surface area contributed by atoms with E-state index in [4.69, 9.17) is 9.47 Å². The molecule has 5 heteroatoms. The van der Waals surface area contributed by atoms with Gasteiger partial charge in [0.15, 0.2) is 0 Å². The van der Waals surface area contributed by atoms with E-state index in [0.717, 1.165) is 5.56 Å². The summed E-state index contributed by atoms with van der Waals surface area (Å²) in [7, 11) is 0. The highest BCUT2D eigenvalue weighted by Crippen LogP contribution is 2.36. The Bertz CT molecular complexity index is 505. The summed E-state index contributed by atoms with van der Waals surface area (Å²) in [6, 6.07) is 9.46. The summed E-state index contributed by atoms with van der Waals surface area (Å²) in [5.74, 6) is 0. The quantitative estimate of drug-likeness (QED) is 0.931. The van der Waals surface area contributed by atoms with Crippen molar-refractivity contribution in [1.29, 1.82) is 0 Å². The van der Waals surface area contributed by atoms with Gasteiger partial charge in [0.1, 0.15) is 6.61 Å². The minimum Gasteiger partial charge on any atom is -0.445 e. The first-order chi connectivity index (χ1) is 10.6. The molecule has 2 atom stereocenters. The molecular weight excluding hydrogens is 282 g/mol. The number of amides is 1. The van der Waals surface area contributed by atoms with Crippen molar-refractivity contribution in [3.05, 3.63) is 35.9 Å². The van der Waals surface area contributed by atoms with Gasteiger partial charge in [0.2, 0.25) is 0 Å². The first-order valence-electron chi connectivity index (χ1n) is 7.90. The third kappa shape index (κ3) is 3.10. The van der Waals surface area contributed by atoms with Gasteiger partial charge in [0.05, 0.1) is 30.9 Å². The lowest BCUT2D eigenvalue weighted by molar-refractivity contribution is -0.134. The van der Waals surface area contributed by atoms with E-state index in [0.29, 0.717) is 32.5 Å². The Morgan fingerprint density at radius 1 is 1.32 bits per heavy atom. The molecule has 1 aromatic rings. The maximum absolute atomic E-state index is 12.5. The molecule has 3 rings (SSSR count). The number of aliphatic hydroxyl groups is 1. The molecule has 22 heavy (non-hydrogen) atoms. The summed E-state index contributed by atoms with van der Waals surface area (Å²) >= 11 is 0. The molecule has 0 radical (unpaired) electrons. The second-order valence-electron chi connectivity index (χ2n) is 6.28. The van der Waals surface area contributed by atoms with E-state index in [2.05, 4.69) is 0 Å². The highest BCUT2D eigenvalue weighted by molar-refractivity contribution is 5.69. The fourth-order valence-electron chi connectivity index (χ4n) is 3.45. The molecule has 2 heterocycles. The number of ether oxygens (including phenoxy) is 2. The van der Waals surface area contributed by atoms with Gasteiger partial charge in [-0.25, -0.2) is 4.79 Å². The minimum absolute atomic E-state index is 0.0966. The molecule has 2 aliphatic rings. The van der Waals surface area contributed by atoms with Crippen molar-refractivity contribution >= 4 is 6.09 Å². The number of nitrogens with zero attached hydrogens (tertiary/aromatic N) is 1. The second kappa shape index (κ2) is 6.26. The Kier molecular flexibility index (Phi) is 4.36. The summed E-state index contributed by atoms with van der Waals surface area (Å²) in [6.45, 7) is 3.20. The van der Waals surface area contributed by atoms with Crippen LogP contribution in [-0.2, 0) is 16.1 Å². The fourth-order valence-corrected chi connectivity index (χ4v) is 3.45. The molecular formula is C17H23NO4. The molecule has 0 saturated carbocycles. The number of piperidine rings is 1. The zero-order valence-corrected chi connectivity index (χ0v) is 12.9. The van der Waals surface area contributed by atoms with Gasteiger partial charge in [-0.3, -0.25) is 4.90 Å². The van der Waals surface area contributed by atoms with Crippen LogP contribution in [0.1, 0.15) is 31.7 Å². The van der Waals surface area contributed by atoms with Crippen molar-refractivity contribution in [3.8, 4) is 0 Å². The van der Waals surface area contributed by atoms with Crippen molar-refractivity contribution in [3.63, 3.8) is 0 Å². The van der Waals surface area contributed by atoms with E-state index >= 15 is 0 Å². The van der Waals surface area contributed by atoms with Crippen LogP contribution in [0.5, 0.6) is 0 Å². The molecule has 0 aliphatic carbocycles. The Hall–Kier alpha value is -1.59. The van der Waals surface area contributed by atoms with Crippen molar-refractivity contribution in [2.75, 3.05) is 13.2 Å². The molecule has 1 amide bonds. The predicted molar refractivity (Wildman–Crippen MR) is 81.3 cm³/mol. The monoisotopic (exact) mass is 305 g/mol. The van der Waals surface area contributed by atoms with Gasteiger partial charge in [-0.1, -0.05) is 37.3 Å². The standard InChI is InChI=1S/C17H23NO4/c1-2-17(20)8-14-11-21-12-15(9-17)18(14)16(19)22-10-13-6-4-3-5-7-13/h3-7,14-15,20H,2,8-12H2,1H3. The van der Waals surface area contributed by atoms with E-state index in [1.54, 1.807) is 4.90 Å². The number of carbonyl (C=O) groups is 1. The van der Waals surface area contributed by atoms with Crippen LogP contribution in [0.25, 0.3) is 0 Å². The van der Waals surface area contributed by atoms with Crippen molar-refractivity contribution in [1.82, 2.24) is 4.90 Å². The average molecular weight is 305 g/mol. The predicted octanol–water partition coefficient (Wildman–Crippen LogP) is 2.33. The lowest BCUT2D eigenvalue weighted by Crippen LogP contribution is -2.63. The SMILES string of the molecule is CCC1(O)CC2COCC(C1)N2C(=O)OCc1ccccc1. The van der Waals surface area contributed by atoms with E-state index in [9.17, 15) is 9.90 Å². The number of morpholine rings is 1. The van der Waals surface area contributed by atoms with E-state index in [-0.39, 0.29) is 24.8 Å². The van der Waals surface area contributed by atoms with Gasteiger partial charge < -0.3 is 14.6 Å². The van der Waals surface area contributed by atoms with Crippen molar-refractivity contribution < 1.29 is 19.4 Å². The smallest absolute Gasteiger partial charge is 0.410 e.